The molecular formula is C21H24BrFN2O3. The van der Waals surface area contributed by atoms with Gasteiger partial charge in [-0.15, -0.1) is 0 Å². The zero-order valence-corrected chi connectivity index (χ0v) is 17.7. The number of rotatable bonds is 8. The van der Waals surface area contributed by atoms with Gasteiger partial charge in [0.25, 0.3) is 5.91 Å². The van der Waals surface area contributed by atoms with Gasteiger partial charge in [-0.3, -0.25) is 9.59 Å². The lowest BCUT2D eigenvalue weighted by Crippen LogP contribution is -2.50. The van der Waals surface area contributed by atoms with Gasteiger partial charge < -0.3 is 15.0 Å². The first-order valence-electron chi connectivity index (χ1n) is 8.99. The molecule has 0 aliphatic carbocycles. The zero-order valence-electron chi connectivity index (χ0n) is 16.1. The van der Waals surface area contributed by atoms with Crippen molar-refractivity contribution in [2.45, 2.75) is 39.4 Å². The van der Waals surface area contributed by atoms with Crippen molar-refractivity contribution in [3.63, 3.8) is 0 Å². The van der Waals surface area contributed by atoms with Crippen LogP contribution in [0, 0.1) is 5.82 Å². The minimum absolute atomic E-state index is 0.0259. The minimum atomic E-state index is -0.775. The summed E-state index contributed by atoms with van der Waals surface area (Å²) < 4.78 is 20.5. The monoisotopic (exact) mass is 450 g/mol. The lowest BCUT2D eigenvalue weighted by atomic mass is 10.1. The summed E-state index contributed by atoms with van der Waals surface area (Å²) in [5.74, 6) is -0.604. The number of nitrogens with one attached hydrogen (secondary N) is 1. The molecule has 0 spiro atoms. The predicted molar refractivity (Wildman–Crippen MR) is 109 cm³/mol. The van der Waals surface area contributed by atoms with E-state index in [1.807, 2.05) is 13.8 Å². The van der Waals surface area contributed by atoms with E-state index in [2.05, 4.69) is 21.2 Å². The van der Waals surface area contributed by atoms with Gasteiger partial charge in [0.2, 0.25) is 5.91 Å². The van der Waals surface area contributed by atoms with E-state index in [9.17, 15) is 14.0 Å². The molecule has 0 aliphatic rings. The SMILES string of the molecule is CC(C)NC(=O)[C@H](C)N(Cc1ccccc1F)C(=O)COc1ccc(Br)cc1. The highest BCUT2D eigenvalue weighted by Crippen LogP contribution is 2.17. The van der Waals surface area contributed by atoms with E-state index < -0.39 is 17.8 Å². The summed E-state index contributed by atoms with van der Waals surface area (Å²) >= 11 is 3.34. The third-order valence-corrected chi connectivity index (χ3v) is 4.60. The van der Waals surface area contributed by atoms with Crippen LogP contribution in [0.3, 0.4) is 0 Å². The number of ether oxygens (including phenoxy) is 1. The van der Waals surface area contributed by atoms with E-state index in [-0.39, 0.29) is 25.1 Å². The van der Waals surface area contributed by atoms with Crippen molar-refractivity contribution in [3.05, 3.63) is 64.4 Å². The van der Waals surface area contributed by atoms with Crippen LogP contribution in [0.1, 0.15) is 26.3 Å². The lowest BCUT2D eigenvalue weighted by Gasteiger charge is -2.29. The van der Waals surface area contributed by atoms with Crippen molar-refractivity contribution in [2.24, 2.45) is 0 Å². The van der Waals surface area contributed by atoms with Crippen LogP contribution in [-0.2, 0) is 16.1 Å². The Hall–Kier alpha value is -2.41. The molecule has 0 fully saturated rings. The molecule has 2 aromatic rings. The first-order valence-corrected chi connectivity index (χ1v) is 9.79. The van der Waals surface area contributed by atoms with E-state index in [0.717, 1.165) is 4.47 Å². The lowest BCUT2D eigenvalue weighted by molar-refractivity contribution is -0.142. The van der Waals surface area contributed by atoms with Crippen molar-refractivity contribution in [3.8, 4) is 5.75 Å². The molecule has 0 bridgehead atoms. The Morgan fingerprint density at radius 3 is 2.36 bits per heavy atom. The average Bonchev–Trinajstić information content (AvgIpc) is 2.65. The normalized spacial score (nSPS) is 11.8. The molecule has 0 heterocycles. The number of benzene rings is 2. The molecule has 150 valence electrons. The fraction of sp³-hybridized carbons (Fsp3) is 0.333. The fourth-order valence-corrected chi connectivity index (χ4v) is 2.82. The van der Waals surface area contributed by atoms with Crippen LogP contribution in [0.25, 0.3) is 0 Å². The topological polar surface area (TPSA) is 58.6 Å². The summed E-state index contributed by atoms with van der Waals surface area (Å²) in [5.41, 5.74) is 0.337. The molecule has 0 aliphatic heterocycles. The maximum absolute atomic E-state index is 14.1. The Balaban J connectivity index is 2.15. The number of carbonyl (C=O) groups is 2. The van der Waals surface area contributed by atoms with E-state index in [0.29, 0.717) is 11.3 Å². The second kappa shape index (κ2) is 10.2. The number of amides is 2. The second-order valence-electron chi connectivity index (χ2n) is 6.69. The molecule has 2 rings (SSSR count). The number of hydrogen-bond donors (Lipinski definition) is 1. The molecule has 1 N–H and O–H groups in total. The summed E-state index contributed by atoms with van der Waals surface area (Å²) in [5, 5.41) is 2.79. The van der Waals surface area contributed by atoms with Gasteiger partial charge in [-0.2, -0.15) is 0 Å². The first-order chi connectivity index (χ1) is 13.3. The maximum atomic E-state index is 14.1. The molecule has 0 saturated carbocycles. The van der Waals surface area contributed by atoms with Crippen LogP contribution in [-0.4, -0.2) is 35.4 Å². The highest BCUT2D eigenvalue weighted by molar-refractivity contribution is 9.10. The van der Waals surface area contributed by atoms with Gasteiger partial charge >= 0.3 is 0 Å². The van der Waals surface area contributed by atoms with Crippen LogP contribution in [0.5, 0.6) is 5.75 Å². The summed E-state index contributed by atoms with van der Waals surface area (Å²) in [6, 6.07) is 12.4. The average molecular weight is 451 g/mol. The van der Waals surface area contributed by atoms with Crippen LogP contribution >= 0.6 is 15.9 Å². The summed E-state index contributed by atoms with van der Waals surface area (Å²) in [6.07, 6.45) is 0. The Morgan fingerprint density at radius 2 is 1.75 bits per heavy atom. The van der Waals surface area contributed by atoms with Crippen LogP contribution < -0.4 is 10.1 Å². The van der Waals surface area contributed by atoms with Gasteiger partial charge in [-0.1, -0.05) is 34.1 Å². The zero-order chi connectivity index (χ0) is 20.7. The molecule has 0 saturated heterocycles. The molecule has 28 heavy (non-hydrogen) atoms. The Bertz CT molecular complexity index is 812. The van der Waals surface area contributed by atoms with Crippen LogP contribution in [0.15, 0.2) is 53.0 Å². The smallest absolute Gasteiger partial charge is 0.261 e. The van der Waals surface area contributed by atoms with Gasteiger partial charge in [0.15, 0.2) is 6.61 Å². The second-order valence-corrected chi connectivity index (χ2v) is 7.61. The third kappa shape index (κ3) is 6.34. The molecule has 5 nitrogen and oxygen atoms in total. The van der Waals surface area contributed by atoms with Crippen molar-refractivity contribution in [1.82, 2.24) is 10.2 Å². The van der Waals surface area contributed by atoms with E-state index in [1.165, 1.54) is 11.0 Å². The summed E-state index contributed by atoms with van der Waals surface area (Å²) in [7, 11) is 0. The molecule has 2 aromatic carbocycles. The maximum Gasteiger partial charge on any atom is 0.261 e. The molecule has 1 atom stereocenters. The summed E-state index contributed by atoms with van der Waals surface area (Å²) in [6.45, 7) is 5.02. The minimum Gasteiger partial charge on any atom is -0.484 e. The molecule has 2 amide bonds. The van der Waals surface area contributed by atoms with Gasteiger partial charge in [0, 0.05) is 22.6 Å². The predicted octanol–water partition coefficient (Wildman–Crippen LogP) is 3.91. The Labute approximate surface area is 173 Å². The van der Waals surface area contributed by atoms with Gasteiger partial charge in [-0.05, 0) is 51.1 Å². The van der Waals surface area contributed by atoms with Crippen molar-refractivity contribution in [2.75, 3.05) is 6.61 Å². The van der Waals surface area contributed by atoms with Crippen molar-refractivity contribution in [1.29, 1.82) is 0 Å². The quantitative estimate of drug-likeness (QED) is 0.662. The Kier molecular flexibility index (Phi) is 7.99. The molecule has 0 unspecified atom stereocenters. The van der Waals surface area contributed by atoms with E-state index in [1.54, 1.807) is 49.4 Å². The van der Waals surface area contributed by atoms with Crippen LogP contribution in [0.4, 0.5) is 4.39 Å². The Morgan fingerprint density at radius 1 is 1.11 bits per heavy atom. The third-order valence-electron chi connectivity index (χ3n) is 4.07. The van der Waals surface area contributed by atoms with Crippen molar-refractivity contribution < 1.29 is 18.7 Å². The molecule has 7 heteroatoms. The fourth-order valence-electron chi connectivity index (χ4n) is 2.56. The highest BCUT2D eigenvalue weighted by atomic mass is 79.9. The largest absolute Gasteiger partial charge is 0.484 e. The number of carbonyl (C=O) groups excluding carboxylic acids is 2. The van der Waals surface area contributed by atoms with E-state index >= 15 is 0 Å². The number of halogens is 2. The highest BCUT2D eigenvalue weighted by Gasteiger charge is 2.27. The van der Waals surface area contributed by atoms with Crippen molar-refractivity contribution >= 4 is 27.7 Å². The first kappa shape index (κ1) is 21.9. The number of nitrogens with zero attached hydrogens (tertiary/aromatic N) is 1. The van der Waals surface area contributed by atoms with Crippen LogP contribution in [0.2, 0.25) is 0 Å². The molecule has 0 aromatic heterocycles. The molecule has 0 radical (unpaired) electrons. The van der Waals surface area contributed by atoms with Gasteiger partial charge in [0.05, 0.1) is 0 Å². The summed E-state index contributed by atoms with van der Waals surface area (Å²) in [4.78, 5) is 26.6. The van der Waals surface area contributed by atoms with E-state index in [4.69, 9.17) is 4.74 Å². The van der Waals surface area contributed by atoms with Gasteiger partial charge in [0.1, 0.15) is 17.6 Å². The molecular weight excluding hydrogens is 427 g/mol. The standard InChI is InChI=1S/C21H24BrFN2O3/c1-14(2)24-21(27)15(3)25(12-16-6-4-5-7-19(16)23)20(26)13-28-18-10-8-17(22)9-11-18/h4-11,14-15H,12-13H2,1-3H3,(H,24,27)/t15-/m0/s1. The van der Waals surface area contributed by atoms with Gasteiger partial charge in [-0.25, -0.2) is 4.39 Å². The number of hydrogen-bond acceptors (Lipinski definition) is 3.